The summed E-state index contributed by atoms with van der Waals surface area (Å²) in [6.07, 6.45) is 5.50. The number of rotatable bonds is 4. The van der Waals surface area contributed by atoms with Crippen LogP contribution < -0.4 is 4.90 Å². The van der Waals surface area contributed by atoms with Gasteiger partial charge in [-0.05, 0) is 24.3 Å². The zero-order valence-corrected chi connectivity index (χ0v) is 15.5. The Hall–Kier alpha value is -2.65. The predicted octanol–water partition coefficient (Wildman–Crippen LogP) is 2.40. The number of anilines is 1. The van der Waals surface area contributed by atoms with Crippen LogP contribution in [-0.2, 0) is 9.59 Å². The van der Waals surface area contributed by atoms with Gasteiger partial charge in [0.2, 0.25) is 11.8 Å². The minimum Gasteiger partial charge on any atom is -0.478 e. The minimum atomic E-state index is -1.26. The lowest BCUT2D eigenvalue weighted by molar-refractivity contribution is -0.134. The van der Waals surface area contributed by atoms with Gasteiger partial charge in [-0.2, -0.15) is 0 Å². The van der Waals surface area contributed by atoms with Gasteiger partial charge in [-0.15, -0.1) is 11.3 Å². The summed E-state index contributed by atoms with van der Waals surface area (Å²) in [7, 11) is 0. The van der Waals surface area contributed by atoms with Gasteiger partial charge in [-0.25, -0.2) is 14.6 Å². The first-order valence-corrected chi connectivity index (χ1v) is 9.53. The molecule has 8 nitrogen and oxygen atoms in total. The number of thiophene rings is 1. The summed E-state index contributed by atoms with van der Waals surface area (Å²) < 4.78 is 5.98. The molecule has 3 aliphatic rings. The van der Waals surface area contributed by atoms with Crippen molar-refractivity contribution in [1.82, 2.24) is 9.88 Å². The molecule has 5 rings (SSSR count). The van der Waals surface area contributed by atoms with Crippen molar-refractivity contribution in [2.24, 2.45) is 0 Å². The van der Waals surface area contributed by atoms with E-state index in [2.05, 4.69) is 26.2 Å². The molecule has 5 heterocycles. The van der Waals surface area contributed by atoms with E-state index < -0.39 is 11.9 Å². The zero-order valence-electron chi connectivity index (χ0n) is 14.7. The van der Waals surface area contributed by atoms with Crippen molar-refractivity contribution < 1.29 is 24.2 Å². The van der Waals surface area contributed by atoms with Crippen molar-refractivity contribution in [2.45, 2.75) is 18.9 Å². The molecule has 2 aromatic rings. The van der Waals surface area contributed by atoms with E-state index >= 15 is 0 Å². The standard InChI is InChI=1S/C14H17N3OS.C4H4O4/c1-2-12(19-9-1)14-15-10-13(18-14)17-8-7-16-5-3-11(17)4-6-16;5-3(6)1-2-4(7)8/h1-2,9-11H,3-8H2;1-2H,(H,5,6)(H,7,8)/b;2-1+. The van der Waals surface area contributed by atoms with Crippen LogP contribution in [0.25, 0.3) is 10.8 Å². The Morgan fingerprint density at radius 2 is 1.85 bits per heavy atom. The third kappa shape index (κ3) is 5.18. The Morgan fingerprint density at radius 3 is 2.44 bits per heavy atom. The van der Waals surface area contributed by atoms with Crippen molar-refractivity contribution in [3.8, 4) is 10.8 Å². The summed E-state index contributed by atoms with van der Waals surface area (Å²) >= 11 is 1.67. The molecule has 0 spiro atoms. The maximum Gasteiger partial charge on any atom is 0.328 e. The molecule has 144 valence electrons. The quantitative estimate of drug-likeness (QED) is 0.765. The molecular weight excluding hydrogens is 370 g/mol. The van der Waals surface area contributed by atoms with E-state index in [4.69, 9.17) is 14.6 Å². The number of aliphatic carboxylic acids is 2. The number of carbonyl (C=O) groups is 2. The molecular formula is C18H21N3O5S. The molecule has 0 amide bonds. The lowest BCUT2D eigenvalue weighted by Gasteiger charge is -2.30. The molecule has 3 saturated heterocycles. The highest BCUT2D eigenvalue weighted by Crippen LogP contribution is 2.31. The van der Waals surface area contributed by atoms with Crippen molar-refractivity contribution in [1.29, 1.82) is 0 Å². The highest BCUT2D eigenvalue weighted by atomic mass is 32.1. The van der Waals surface area contributed by atoms with E-state index in [0.717, 1.165) is 29.7 Å². The summed E-state index contributed by atoms with van der Waals surface area (Å²) in [6, 6.07) is 4.72. The fourth-order valence-corrected chi connectivity index (χ4v) is 3.89. The van der Waals surface area contributed by atoms with Gasteiger partial charge in [0.25, 0.3) is 0 Å². The lowest BCUT2D eigenvalue weighted by atomic mass is 10.1. The normalized spacial score (nSPS) is 21.6. The van der Waals surface area contributed by atoms with Gasteiger partial charge >= 0.3 is 11.9 Å². The third-order valence-corrected chi connectivity index (χ3v) is 5.39. The van der Waals surface area contributed by atoms with Gasteiger partial charge in [0.05, 0.1) is 11.1 Å². The van der Waals surface area contributed by atoms with E-state index in [1.807, 2.05) is 12.3 Å². The molecule has 9 heteroatoms. The Morgan fingerprint density at radius 1 is 1.15 bits per heavy atom. The first-order valence-electron chi connectivity index (χ1n) is 8.65. The van der Waals surface area contributed by atoms with Crippen LogP contribution in [0.15, 0.2) is 40.3 Å². The Bertz CT molecular complexity index is 778. The van der Waals surface area contributed by atoms with Crippen LogP contribution >= 0.6 is 11.3 Å². The SMILES string of the molecule is O=C(O)/C=C/C(=O)O.c1csc(-c2ncc(N3CCN4CCC3CC4)o2)c1. The van der Waals surface area contributed by atoms with E-state index in [9.17, 15) is 9.59 Å². The van der Waals surface area contributed by atoms with Gasteiger partial charge in [-0.1, -0.05) is 6.07 Å². The second-order valence-corrected chi connectivity index (χ2v) is 7.20. The van der Waals surface area contributed by atoms with E-state index in [-0.39, 0.29) is 0 Å². The van der Waals surface area contributed by atoms with Gasteiger partial charge in [0.1, 0.15) is 0 Å². The molecule has 0 atom stereocenters. The molecule has 2 bridgehead atoms. The largest absolute Gasteiger partial charge is 0.478 e. The monoisotopic (exact) mass is 391 g/mol. The Kier molecular flexibility index (Phi) is 6.25. The summed E-state index contributed by atoms with van der Waals surface area (Å²) in [5, 5.41) is 17.7. The molecule has 27 heavy (non-hydrogen) atoms. The van der Waals surface area contributed by atoms with Crippen molar-refractivity contribution in [2.75, 3.05) is 31.1 Å². The summed E-state index contributed by atoms with van der Waals surface area (Å²) in [4.78, 5) is 29.6. The number of aromatic nitrogens is 1. The molecule has 0 saturated carbocycles. The average Bonchev–Trinajstić information content (AvgIpc) is 3.27. The zero-order chi connectivity index (χ0) is 19.2. The second kappa shape index (κ2) is 8.83. The molecule has 2 aromatic heterocycles. The molecule has 3 aliphatic heterocycles. The van der Waals surface area contributed by atoms with Crippen LogP contribution in [0, 0.1) is 0 Å². The third-order valence-electron chi connectivity index (χ3n) is 4.53. The van der Waals surface area contributed by atoms with Crippen LogP contribution in [0.1, 0.15) is 12.8 Å². The fourth-order valence-electron chi connectivity index (χ4n) is 3.23. The summed E-state index contributed by atoms with van der Waals surface area (Å²) in [6.45, 7) is 4.66. The lowest BCUT2D eigenvalue weighted by Crippen LogP contribution is -2.37. The van der Waals surface area contributed by atoms with E-state index in [0.29, 0.717) is 18.2 Å². The van der Waals surface area contributed by atoms with Crippen LogP contribution in [-0.4, -0.2) is 64.3 Å². The maximum absolute atomic E-state index is 9.55. The number of nitrogens with zero attached hydrogens (tertiary/aromatic N) is 3. The number of piperidine rings is 1. The Balaban J connectivity index is 0.000000226. The van der Waals surface area contributed by atoms with Crippen LogP contribution in [0.2, 0.25) is 0 Å². The van der Waals surface area contributed by atoms with Gasteiger partial charge in [0.15, 0.2) is 0 Å². The number of fused-ring (bicyclic) bond motifs is 4. The summed E-state index contributed by atoms with van der Waals surface area (Å²) in [5.41, 5.74) is 0. The predicted molar refractivity (Wildman–Crippen MR) is 101 cm³/mol. The number of oxazole rings is 1. The molecule has 3 fully saturated rings. The highest BCUT2D eigenvalue weighted by molar-refractivity contribution is 7.13. The number of carboxylic acid groups (broad SMARTS) is 2. The van der Waals surface area contributed by atoms with Crippen molar-refractivity contribution in [3.05, 3.63) is 35.9 Å². The molecule has 0 radical (unpaired) electrons. The fraction of sp³-hybridized carbons (Fsp3) is 0.389. The molecule has 2 N–H and O–H groups in total. The van der Waals surface area contributed by atoms with Crippen LogP contribution in [0.3, 0.4) is 0 Å². The summed E-state index contributed by atoms with van der Waals surface area (Å²) in [5.74, 6) is -0.818. The van der Waals surface area contributed by atoms with E-state index in [1.54, 1.807) is 11.3 Å². The average molecular weight is 391 g/mol. The number of hydrogen-bond acceptors (Lipinski definition) is 7. The number of hydrogen-bond donors (Lipinski definition) is 2. The first kappa shape index (κ1) is 19.1. The highest BCUT2D eigenvalue weighted by Gasteiger charge is 2.30. The van der Waals surface area contributed by atoms with Crippen molar-refractivity contribution >= 4 is 29.2 Å². The van der Waals surface area contributed by atoms with Crippen LogP contribution in [0.5, 0.6) is 0 Å². The molecule has 0 aromatic carbocycles. The van der Waals surface area contributed by atoms with E-state index in [1.165, 1.54) is 25.9 Å². The second-order valence-electron chi connectivity index (χ2n) is 6.26. The van der Waals surface area contributed by atoms with Gasteiger partial charge in [-0.3, -0.25) is 0 Å². The first-order chi connectivity index (χ1) is 13.0. The molecule has 0 aliphatic carbocycles. The topological polar surface area (TPSA) is 107 Å². The Labute approximate surface area is 160 Å². The van der Waals surface area contributed by atoms with Gasteiger partial charge in [0, 0.05) is 44.4 Å². The smallest absolute Gasteiger partial charge is 0.328 e. The van der Waals surface area contributed by atoms with Gasteiger partial charge < -0.3 is 24.4 Å². The maximum atomic E-state index is 9.55. The molecule has 0 unspecified atom stereocenters. The van der Waals surface area contributed by atoms with Crippen LogP contribution in [0.4, 0.5) is 5.88 Å². The number of carboxylic acids is 2. The van der Waals surface area contributed by atoms with Crippen molar-refractivity contribution in [3.63, 3.8) is 0 Å². The minimum absolute atomic E-state index is 0.558.